The first-order valence-electron chi connectivity index (χ1n) is 12.9. The van der Waals surface area contributed by atoms with Crippen LogP contribution in [0, 0.1) is 46.3 Å². The first-order valence-corrected chi connectivity index (χ1v) is 13.7. The van der Waals surface area contributed by atoms with Gasteiger partial charge in [-0.25, -0.2) is 0 Å². The van der Waals surface area contributed by atoms with Gasteiger partial charge in [0.25, 0.3) is 0 Å². The van der Waals surface area contributed by atoms with Crippen LogP contribution in [0.5, 0.6) is 0 Å². The predicted octanol–water partition coefficient (Wildman–Crippen LogP) is 6.64. The Labute approximate surface area is 196 Å². The number of allylic oxidation sites excluding steroid dienone is 1. The summed E-state index contributed by atoms with van der Waals surface area (Å²) in [4.78, 5) is 12.4. The number of fused-ring (bicyclic) bond motifs is 7. The molecule has 0 bridgehead atoms. The molecule has 31 heavy (non-hydrogen) atoms. The zero-order valence-corrected chi connectivity index (χ0v) is 21.3. The molecule has 3 nitrogen and oxygen atoms in total. The second-order valence-electron chi connectivity index (χ2n) is 12.6. The van der Waals surface area contributed by atoms with Gasteiger partial charge in [-0.1, -0.05) is 27.7 Å². The lowest BCUT2D eigenvalue weighted by Crippen LogP contribution is -2.52. The Bertz CT molecular complexity index is 826. The Morgan fingerprint density at radius 2 is 1.81 bits per heavy atom. The Morgan fingerprint density at radius 3 is 2.55 bits per heavy atom. The van der Waals surface area contributed by atoms with Crippen molar-refractivity contribution < 1.29 is 14.3 Å². The van der Waals surface area contributed by atoms with E-state index in [1.807, 2.05) is 0 Å². The highest BCUT2D eigenvalue weighted by Crippen LogP contribution is 2.71. The van der Waals surface area contributed by atoms with Crippen molar-refractivity contribution in [1.82, 2.24) is 0 Å². The minimum Gasteiger partial charge on any atom is -0.349 e. The second kappa shape index (κ2) is 6.92. The zero-order chi connectivity index (χ0) is 21.8. The highest BCUT2D eigenvalue weighted by molar-refractivity contribution is 9.12. The van der Waals surface area contributed by atoms with Crippen LogP contribution >= 0.6 is 15.9 Å². The van der Waals surface area contributed by atoms with Crippen molar-refractivity contribution in [3.63, 3.8) is 0 Å². The van der Waals surface area contributed by atoms with Crippen LogP contribution in [0.3, 0.4) is 0 Å². The number of hydrogen-bond donors (Lipinski definition) is 0. The van der Waals surface area contributed by atoms with E-state index in [2.05, 4.69) is 43.6 Å². The molecule has 0 radical (unpaired) electrons. The summed E-state index contributed by atoms with van der Waals surface area (Å²) in [6.07, 6.45) is 10.7. The highest BCUT2D eigenvalue weighted by atomic mass is 79.9. The lowest BCUT2D eigenvalue weighted by Gasteiger charge is -2.59. The van der Waals surface area contributed by atoms with Crippen LogP contribution in [0.15, 0.2) is 10.1 Å². The van der Waals surface area contributed by atoms with E-state index in [-0.39, 0.29) is 11.2 Å². The molecular formula is C27H39BrO3. The Kier molecular flexibility index (Phi) is 4.76. The van der Waals surface area contributed by atoms with Gasteiger partial charge in [-0.05, 0) is 107 Å². The molecule has 0 aromatic carbocycles. The fraction of sp³-hybridized carbons (Fsp3) is 0.889. The smallest absolute Gasteiger partial charge is 0.171 e. The molecule has 2 saturated heterocycles. The summed E-state index contributed by atoms with van der Waals surface area (Å²) >= 11 is 3.70. The van der Waals surface area contributed by atoms with E-state index in [0.29, 0.717) is 35.1 Å². The molecule has 172 valence electrons. The lowest BCUT2D eigenvalue weighted by molar-refractivity contribution is -0.272. The number of carbonyl (C=O) groups excluding carboxylic acids is 1. The molecule has 3 saturated carbocycles. The number of ether oxygens (including phenoxy) is 2. The molecule has 0 aromatic heterocycles. The van der Waals surface area contributed by atoms with Gasteiger partial charge >= 0.3 is 0 Å². The summed E-state index contributed by atoms with van der Waals surface area (Å²) < 4.78 is 14.3. The third-order valence-electron chi connectivity index (χ3n) is 11.3. The molecule has 0 aromatic rings. The zero-order valence-electron chi connectivity index (χ0n) is 19.7. The van der Waals surface area contributed by atoms with Crippen molar-refractivity contribution in [2.45, 2.75) is 97.4 Å². The van der Waals surface area contributed by atoms with Gasteiger partial charge in [-0.2, -0.15) is 0 Å². The fourth-order valence-electron chi connectivity index (χ4n) is 9.67. The van der Waals surface area contributed by atoms with Gasteiger partial charge in [0.2, 0.25) is 0 Å². The second-order valence-corrected chi connectivity index (χ2v) is 13.4. The summed E-state index contributed by atoms with van der Waals surface area (Å²) in [6, 6.07) is 0. The number of Topliss-reactive ketones (excluding diaryl/α,β-unsaturated/α-hetero) is 1. The minimum atomic E-state index is -0.310. The summed E-state index contributed by atoms with van der Waals surface area (Å²) in [5, 5.41) is 0. The lowest BCUT2D eigenvalue weighted by atomic mass is 9.46. The molecule has 0 N–H and O–H groups in total. The van der Waals surface area contributed by atoms with Gasteiger partial charge in [0.05, 0.1) is 17.2 Å². The van der Waals surface area contributed by atoms with Crippen LogP contribution in [-0.4, -0.2) is 24.3 Å². The normalized spacial score (nSPS) is 56.3. The number of rotatable bonds is 0. The third kappa shape index (κ3) is 2.74. The molecule has 1 spiro atoms. The Hall–Kier alpha value is -0.190. The summed E-state index contributed by atoms with van der Waals surface area (Å²) in [7, 11) is 0. The largest absolute Gasteiger partial charge is 0.349 e. The van der Waals surface area contributed by atoms with Gasteiger partial charge in [0.15, 0.2) is 11.6 Å². The molecule has 4 heteroatoms. The topological polar surface area (TPSA) is 35.5 Å². The van der Waals surface area contributed by atoms with E-state index < -0.39 is 0 Å². The fourth-order valence-corrected chi connectivity index (χ4v) is 10.5. The van der Waals surface area contributed by atoms with E-state index in [1.54, 1.807) is 0 Å². The van der Waals surface area contributed by atoms with Crippen LogP contribution in [0.25, 0.3) is 0 Å². The summed E-state index contributed by atoms with van der Waals surface area (Å²) in [5.41, 5.74) is 2.03. The van der Waals surface area contributed by atoms with Crippen molar-refractivity contribution in [3.05, 3.63) is 10.1 Å². The number of halogens is 1. The monoisotopic (exact) mass is 490 g/mol. The van der Waals surface area contributed by atoms with Crippen molar-refractivity contribution in [1.29, 1.82) is 0 Å². The maximum atomic E-state index is 12.4. The summed E-state index contributed by atoms with van der Waals surface area (Å²) in [6.45, 7) is 10.7. The standard InChI is InChI=1S/C27H39BrO3/c1-15-7-12-27(30-14-15)16(2)23-22(31-27)13-20-17-5-6-19-24(28)21(29)9-11-25(19,3)18(17)8-10-26(20,23)4/h15-18,20,22-23H,5-14H2,1-4H3/t15-,16?,17-,18+,20+,22-,23?,25-,26+,27-/m1/s1. The van der Waals surface area contributed by atoms with E-state index in [1.165, 1.54) is 37.7 Å². The number of ketones is 1. The molecule has 0 amide bonds. The maximum Gasteiger partial charge on any atom is 0.171 e. The van der Waals surface area contributed by atoms with Gasteiger partial charge < -0.3 is 9.47 Å². The first kappa shape index (κ1) is 21.4. The third-order valence-corrected chi connectivity index (χ3v) is 12.2. The van der Waals surface area contributed by atoms with Crippen LogP contribution in [-0.2, 0) is 14.3 Å². The molecule has 2 unspecified atom stereocenters. The maximum absolute atomic E-state index is 12.4. The average Bonchev–Trinajstić information content (AvgIpc) is 3.18. The molecular weight excluding hydrogens is 452 g/mol. The first-order chi connectivity index (χ1) is 14.7. The van der Waals surface area contributed by atoms with Crippen LogP contribution in [0.2, 0.25) is 0 Å². The minimum absolute atomic E-state index is 0.213. The molecule has 5 fully saturated rings. The van der Waals surface area contributed by atoms with Crippen LogP contribution in [0.1, 0.15) is 85.5 Å². The van der Waals surface area contributed by atoms with Crippen molar-refractivity contribution in [2.24, 2.45) is 46.3 Å². The van der Waals surface area contributed by atoms with Crippen LogP contribution in [0.4, 0.5) is 0 Å². The van der Waals surface area contributed by atoms with E-state index in [0.717, 1.165) is 54.5 Å². The number of carbonyl (C=O) groups is 1. The van der Waals surface area contributed by atoms with Gasteiger partial charge in [0, 0.05) is 18.8 Å². The van der Waals surface area contributed by atoms with Crippen LogP contribution < -0.4 is 0 Å². The molecule has 6 aliphatic rings. The quantitative estimate of drug-likeness (QED) is 0.381. The Balaban J connectivity index is 1.29. The molecule has 2 aliphatic heterocycles. The molecule has 2 heterocycles. The Morgan fingerprint density at radius 1 is 1.00 bits per heavy atom. The van der Waals surface area contributed by atoms with Gasteiger partial charge in [0.1, 0.15) is 0 Å². The molecule has 4 aliphatic carbocycles. The van der Waals surface area contributed by atoms with Crippen molar-refractivity contribution in [2.75, 3.05) is 6.61 Å². The van der Waals surface area contributed by atoms with E-state index in [9.17, 15) is 4.79 Å². The average molecular weight is 492 g/mol. The SMILES string of the molecule is CC1C2[C@@H](C[C@H]3[C@@H]4CCC5=C(Br)C(=O)CC[C@]5(C)[C@H]4CC[C@]23C)O[C@]12CC[C@@H](C)CO2. The van der Waals surface area contributed by atoms with Gasteiger partial charge in [-0.15, -0.1) is 0 Å². The van der Waals surface area contributed by atoms with Crippen molar-refractivity contribution in [3.8, 4) is 0 Å². The van der Waals surface area contributed by atoms with Crippen molar-refractivity contribution >= 4 is 21.7 Å². The van der Waals surface area contributed by atoms with E-state index in [4.69, 9.17) is 9.47 Å². The highest BCUT2D eigenvalue weighted by Gasteiger charge is 2.68. The number of hydrogen-bond acceptors (Lipinski definition) is 3. The predicted molar refractivity (Wildman–Crippen MR) is 125 cm³/mol. The molecule has 6 rings (SSSR count). The van der Waals surface area contributed by atoms with Gasteiger partial charge in [-0.3, -0.25) is 4.79 Å². The van der Waals surface area contributed by atoms with E-state index >= 15 is 0 Å². The summed E-state index contributed by atoms with van der Waals surface area (Å²) in [5.74, 6) is 4.08. The molecule has 10 atom stereocenters.